The second kappa shape index (κ2) is 8.60. The molecule has 0 aliphatic rings. The molecule has 1 N–H and O–H groups in total. The van der Waals surface area contributed by atoms with Crippen molar-refractivity contribution in [3.05, 3.63) is 65.7 Å². The van der Waals surface area contributed by atoms with E-state index in [0.717, 1.165) is 18.4 Å². The van der Waals surface area contributed by atoms with Gasteiger partial charge in [-0.2, -0.15) is 5.26 Å². The van der Waals surface area contributed by atoms with E-state index >= 15 is 0 Å². The molecule has 0 unspecified atom stereocenters. The Morgan fingerprint density at radius 1 is 1.17 bits per heavy atom. The first kappa shape index (κ1) is 16.6. The Hall–Kier alpha value is -2.80. The molecule has 0 bridgehead atoms. The van der Waals surface area contributed by atoms with Crippen LogP contribution in [-0.2, 0) is 4.79 Å². The normalized spacial score (nSPS) is 11.3. The minimum atomic E-state index is -0.156. The second-order valence-corrected chi connectivity index (χ2v) is 5.24. The summed E-state index contributed by atoms with van der Waals surface area (Å²) >= 11 is 0. The maximum atomic E-state index is 12.1. The van der Waals surface area contributed by atoms with Crippen LogP contribution >= 0.6 is 0 Å². The maximum absolute atomic E-state index is 12.1. The largest absolute Gasteiger partial charge is 0.484 e. The number of rotatable bonds is 7. The van der Waals surface area contributed by atoms with Crippen LogP contribution in [0.3, 0.4) is 0 Å². The molecule has 2 rings (SSSR count). The fourth-order valence-electron chi connectivity index (χ4n) is 2.31. The molecule has 0 aromatic heterocycles. The van der Waals surface area contributed by atoms with Crippen LogP contribution in [-0.4, -0.2) is 12.5 Å². The highest BCUT2D eigenvalue weighted by Crippen LogP contribution is 2.18. The highest BCUT2D eigenvalue weighted by atomic mass is 16.5. The fraction of sp³-hybridized carbons (Fsp3) is 0.263. The molecule has 118 valence electrons. The summed E-state index contributed by atoms with van der Waals surface area (Å²) in [6, 6.07) is 18.7. The summed E-state index contributed by atoms with van der Waals surface area (Å²) in [4.78, 5) is 12.1. The zero-order valence-electron chi connectivity index (χ0n) is 13.2. The topological polar surface area (TPSA) is 62.1 Å². The van der Waals surface area contributed by atoms with Crippen molar-refractivity contribution in [2.45, 2.75) is 25.8 Å². The van der Waals surface area contributed by atoms with Gasteiger partial charge in [0, 0.05) is 0 Å². The number of nitrogens with zero attached hydrogens (tertiary/aromatic N) is 1. The van der Waals surface area contributed by atoms with E-state index in [2.05, 4.69) is 12.2 Å². The van der Waals surface area contributed by atoms with E-state index in [1.54, 1.807) is 24.3 Å². The quantitative estimate of drug-likeness (QED) is 0.850. The van der Waals surface area contributed by atoms with Crippen LogP contribution in [0.5, 0.6) is 5.75 Å². The van der Waals surface area contributed by atoms with Gasteiger partial charge < -0.3 is 10.1 Å². The zero-order chi connectivity index (χ0) is 16.5. The molecule has 4 heteroatoms. The van der Waals surface area contributed by atoms with E-state index in [0.29, 0.717) is 11.3 Å². The number of nitriles is 1. The number of amides is 1. The van der Waals surface area contributed by atoms with Gasteiger partial charge in [-0.3, -0.25) is 4.79 Å². The Kier molecular flexibility index (Phi) is 6.19. The lowest BCUT2D eigenvalue weighted by Crippen LogP contribution is -2.32. The highest BCUT2D eigenvalue weighted by Gasteiger charge is 2.13. The van der Waals surface area contributed by atoms with Crippen molar-refractivity contribution < 1.29 is 9.53 Å². The number of carbonyl (C=O) groups is 1. The number of carbonyl (C=O) groups excluding carboxylic acids is 1. The highest BCUT2D eigenvalue weighted by molar-refractivity contribution is 5.78. The monoisotopic (exact) mass is 308 g/mol. The van der Waals surface area contributed by atoms with Crippen molar-refractivity contribution in [2.24, 2.45) is 0 Å². The van der Waals surface area contributed by atoms with Crippen LogP contribution < -0.4 is 10.1 Å². The molecule has 0 saturated carbocycles. The molecule has 2 aromatic rings. The minimum Gasteiger partial charge on any atom is -0.484 e. The van der Waals surface area contributed by atoms with Crippen molar-refractivity contribution in [3.63, 3.8) is 0 Å². The van der Waals surface area contributed by atoms with Crippen LogP contribution in [0.2, 0.25) is 0 Å². The summed E-state index contributed by atoms with van der Waals surface area (Å²) < 4.78 is 5.46. The Morgan fingerprint density at radius 3 is 2.48 bits per heavy atom. The molecule has 2 aromatic carbocycles. The van der Waals surface area contributed by atoms with Crippen LogP contribution in [0.15, 0.2) is 54.6 Å². The van der Waals surface area contributed by atoms with Crippen LogP contribution in [0.4, 0.5) is 0 Å². The molecule has 0 heterocycles. The van der Waals surface area contributed by atoms with Crippen LogP contribution in [0.1, 0.15) is 36.9 Å². The number of benzene rings is 2. The third-order valence-corrected chi connectivity index (χ3v) is 3.47. The SMILES string of the molecule is CCC[C@H](NC(=O)COc1ccc(C#N)cc1)c1ccccc1. The number of hydrogen-bond acceptors (Lipinski definition) is 3. The predicted molar refractivity (Wildman–Crippen MR) is 88.9 cm³/mol. The second-order valence-electron chi connectivity index (χ2n) is 5.24. The molecule has 0 spiro atoms. The first-order valence-electron chi connectivity index (χ1n) is 7.70. The molecule has 23 heavy (non-hydrogen) atoms. The lowest BCUT2D eigenvalue weighted by atomic mass is 10.0. The van der Waals surface area contributed by atoms with Crippen molar-refractivity contribution >= 4 is 5.91 Å². The summed E-state index contributed by atoms with van der Waals surface area (Å²) in [5, 5.41) is 11.8. The van der Waals surface area contributed by atoms with Gasteiger partial charge >= 0.3 is 0 Å². The van der Waals surface area contributed by atoms with Crippen molar-refractivity contribution in [1.29, 1.82) is 5.26 Å². The fourth-order valence-corrected chi connectivity index (χ4v) is 2.31. The van der Waals surface area contributed by atoms with E-state index in [4.69, 9.17) is 10.00 Å². The molecule has 1 atom stereocenters. The summed E-state index contributed by atoms with van der Waals surface area (Å²) in [5.74, 6) is 0.419. The zero-order valence-corrected chi connectivity index (χ0v) is 13.2. The Balaban J connectivity index is 1.90. The lowest BCUT2D eigenvalue weighted by Gasteiger charge is -2.18. The minimum absolute atomic E-state index is 0.00161. The summed E-state index contributed by atoms with van der Waals surface area (Å²) in [5.41, 5.74) is 1.66. The van der Waals surface area contributed by atoms with Gasteiger partial charge in [0.1, 0.15) is 5.75 Å². The first-order chi connectivity index (χ1) is 11.2. The van der Waals surface area contributed by atoms with E-state index in [9.17, 15) is 4.79 Å². The van der Waals surface area contributed by atoms with Gasteiger partial charge in [0.25, 0.3) is 5.91 Å². The van der Waals surface area contributed by atoms with E-state index < -0.39 is 0 Å². The standard InChI is InChI=1S/C19H20N2O2/c1-2-6-18(16-7-4-3-5-8-16)21-19(22)14-23-17-11-9-15(13-20)10-12-17/h3-5,7-12,18H,2,6,14H2,1H3,(H,21,22)/t18-/m0/s1. The molecule has 0 radical (unpaired) electrons. The Morgan fingerprint density at radius 2 is 1.87 bits per heavy atom. The lowest BCUT2D eigenvalue weighted by molar-refractivity contribution is -0.123. The number of hydrogen-bond donors (Lipinski definition) is 1. The maximum Gasteiger partial charge on any atom is 0.258 e. The smallest absolute Gasteiger partial charge is 0.258 e. The first-order valence-corrected chi connectivity index (χ1v) is 7.70. The molecule has 4 nitrogen and oxygen atoms in total. The third-order valence-electron chi connectivity index (χ3n) is 3.47. The molecular weight excluding hydrogens is 288 g/mol. The van der Waals surface area contributed by atoms with Gasteiger partial charge in [-0.1, -0.05) is 43.7 Å². The van der Waals surface area contributed by atoms with Crippen molar-refractivity contribution in [3.8, 4) is 11.8 Å². The number of nitrogens with one attached hydrogen (secondary N) is 1. The molecule has 0 aliphatic heterocycles. The predicted octanol–water partition coefficient (Wildman–Crippen LogP) is 3.59. The molecule has 0 fully saturated rings. The Labute approximate surface area is 136 Å². The van der Waals surface area contributed by atoms with E-state index in [1.165, 1.54) is 0 Å². The summed E-state index contributed by atoms with van der Waals surface area (Å²) in [7, 11) is 0. The van der Waals surface area contributed by atoms with Crippen LogP contribution in [0.25, 0.3) is 0 Å². The van der Waals surface area contributed by atoms with Crippen LogP contribution in [0, 0.1) is 11.3 Å². The molecular formula is C19H20N2O2. The average molecular weight is 308 g/mol. The van der Waals surface area contributed by atoms with Gasteiger partial charge in [0.15, 0.2) is 6.61 Å². The van der Waals surface area contributed by atoms with Gasteiger partial charge in [-0.15, -0.1) is 0 Å². The van der Waals surface area contributed by atoms with Crippen molar-refractivity contribution in [1.82, 2.24) is 5.32 Å². The summed E-state index contributed by atoms with van der Waals surface area (Å²) in [6.07, 6.45) is 1.86. The van der Waals surface area contributed by atoms with E-state index in [-0.39, 0.29) is 18.6 Å². The third kappa shape index (κ3) is 5.15. The van der Waals surface area contributed by atoms with Gasteiger partial charge in [-0.05, 0) is 36.2 Å². The Bertz CT molecular complexity index is 660. The van der Waals surface area contributed by atoms with E-state index in [1.807, 2.05) is 36.4 Å². The molecule has 0 aliphatic carbocycles. The summed E-state index contributed by atoms with van der Waals surface area (Å²) in [6.45, 7) is 2.05. The van der Waals surface area contributed by atoms with Crippen molar-refractivity contribution in [2.75, 3.05) is 6.61 Å². The number of ether oxygens (including phenoxy) is 1. The van der Waals surface area contributed by atoms with Gasteiger partial charge in [-0.25, -0.2) is 0 Å². The molecule has 0 saturated heterocycles. The van der Waals surface area contributed by atoms with Gasteiger partial charge in [0.05, 0.1) is 17.7 Å². The van der Waals surface area contributed by atoms with Gasteiger partial charge in [0.2, 0.25) is 0 Å². The molecule has 1 amide bonds. The average Bonchev–Trinajstić information content (AvgIpc) is 2.61.